The maximum atomic E-state index is 12.9. The molecule has 0 spiro atoms. The zero-order valence-electron chi connectivity index (χ0n) is 49.8. The Hall–Kier alpha value is -3.15. The summed E-state index contributed by atoms with van der Waals surface area (Å²) in [5.74, 6) is -0.973. The highest BCUT2D eigenvalue weighted by Gasteiger charge is 2.19. The number of unbranched alkanes of at least 4 members (excludes halogenated alkanes) is 36. The zero-order chi connectivity index (χ0) is 54.3. The van der Waals surface area contributed by atoms with Crippen molar-refractivity contribution in [1.29, 1.82) is 0 Å². The fourth-order valence-corrected chi connectivity index (χ4v) is 9.33. The Morgan fingerprint density at radius 1 is 0.280 bits per heavy atom. The van der Waals surface area contributed by atoms with E-state index in [1.807, 2.05) is 6.08 Å². The van der Waals surface area contributed by atoms with Gasteiger partial charge in [0.25, 0.3) is 0 Å². The van der Waals surface area contributed by atoms with Gasteiger partial charge in [-0.25, -0.2) is 0 Å². The standard InChI is InChI=1S/C69H122O6/c1-4-7-10-13-16-19-22-25-27-29-30-31-32-33-34-35-36-37-38-40-41-44-47-50-53-56-59-62-68(71)74-65-66(64-73-67(70)61-58-55-52-49-46-43-24-21-18-15-12-9-6-3)75-69(72)63-60-57-54-51-48-45-42-39-28-26-23-20-17-14-11-8-5-2/h9,12,18,21,26,28-30,43,46,52,55,66H,4-8,10-11,13-17,19-20,22-25,27,31-42,44-45,47-51,53-54,56-65H2,1-3H3/b12-9-,21-18-,28-26-,30-29-,46-43-,55-52-. The average molecular weight is 1050 g/mol. The van der Waals surface area contributed by atoms with Crippen molar-refractivity contribution in [2.24, 2.45) is 0 Å². The number of carbonyl (C=O) groups is 3. The topological polar surface area (TPSA) is 78.9 Å². The monoisotopic (exact) mass is 1050 g/mol. The molecule has 0 amide bonds. The fraction of sp³-hybridized carbons (Fsp3) is 0.783. The molecule has 0 radical (unpaired) electrons. The molecule has 75 heavy (non-hydrogen) atoms. The molecule has 0 aromatic carbocycles. The van der Waals surface area contributed by atoms with Crippen molar-refractivity contribution in [2.75, 3.05) is 13.2 Å². The second kappa shape index (κ2) is 63.4. The van der Waals surface area contributed by atoms with Crippen molar-refractivity contribution >= 4 is 17.9 Å². The molecule has 0 aromatic heterocycles. The lowest BCUT2D eigenvalue weighted by molar-refractivity contribution is -0.166. The van der Waals surface area contributed by atoms with Crippen molar-refractivity contribution in [3.05, 3.63) is 72.9 Å². The van der Waals surface area contributed by atoms with Gasteiger partial charge >= 0.3 is 17.9 Å². The van der Waals surface area contributed by atoms with Crippen molar-refractivity contribution in [3.63, 3.8) is 0 Å². The number of carbonyl (C=O) groups excluding carboxylic acids is 3. The molecule has 0 rings (SSSR count). The first-order chi connectivity index (χ1) is 37.0. The van der Waals surface area contributed by atoms with Gasteiger partial charge in [-0.15, -0.1) is 0 Å². The van der Waals surface area contributed by atoms with Crippen LogP contribution in [0.5, 0.6) is 0 Å². The molecular weight excluding hydrogens is 925 g/mol. The minimum atomic E-state index is -0.806. The molecule has 0 fully saturated rings. The number of hydrogen-bond acceptors (Lipinski definition) is 6. The molecule has 0 heterocycles. The van der Waals surface area contributed by atoms with E-state index in [0.717, 1.165) is 64.2 Å². The van der Waals surface area contributed by atoms with Crippen LogP contribution >= 0.6 is 0 Å². The Labute approximate surface area is 465 Å². The van der Waals surface area contributed by atoms with Crippen molar-refractivity contribution in [1.82, 2.24) is 0 Å². The second-order valence-electron chi connectivity index (χ2n) is 21.6. The fourth-order valence-electron chi connectivity index (χ4n) is 9.33. The van der Waals surface area contributed by atoms with Crippen LogP contribution in [0.15, 0.2) is 72.9 Å². The Bertz CT molecular complexity index is 1390. The molecule has 6 nitrogen and oxygen atoms in total. The zero-order valence-corrected chi connectivity index (χ0v) is 49.8. The third kappa shape index (κ3) is 61.6. The SMILES string of the molecule is CC/C=C\C/C=C\C/C=C\C/C=C\CCC(=O)OCC(COC(=O)CCCCCCCCCCCCCCCCC/C=C\CCCCCCCCCC)OC(=O)CCCCCCCCC/C=C\CCCCCCCC. The van der Waals surface area contributed by atoms with E-state index >= 15 is 0 Å². The predicted octanol–water partition coefficient (Wildman–Crippen LogP) is 22.1. The van der Waals surface area contributed by atoms with E-state index in [2.05, 4.69) is 87.6 Å². The molecule has 0 bridgehead atoms. The molecule has 0 saturated carbocycles. The summed E-state index contributed by atoms with van der Waals surface area (Å²) in [5.41, 5.74) is 0. The Kier molecular flexibility index (Phi) is 60.7. The van der Waals surface area contributed by atoms with Crippen LogP contribution in [0.2, 0.25) is 0 Å². The van der Waals surface area contributed by atoms with E-state index in [0.29, 0.717) is 19.3 Å². The Morgan fingerprint density at radius 2 is 0.547 bits per heavy atom. The first kappa shape index (κ1) is 71.8. The maximum Gasteiger partial charge on any atom is 0.306 e. The van der Waals surface area contributed by atoms with E-state index in [-0.39, 0.29) is 37.5 Å². The van der Waals surface area contributed by atoms with Crippen LogP contribution in [-0.4, -0.2) is 37.2 Å². The van der Waals surface area contributed by atoms with E-state index in [9.17, 15) is 14.4 Å². The summed E-state index contributed by atoms with van der Waals surface area (Å²) in [6.45, 7) is 6.49. The van der Waals surface area contributed by atoms with Gasteiger partial charge in [-0.3, -0.25) is 14.4 Å². The van der Waals surface area contributed by atoms with Crippen LogP contribution in [0.25, 0.3) is 0 Å². The minimum Gasteiger partial charge on any atom is -0.462 e. The van der Waals surface area contributed by atoms with E-state index in [4.69, 9.17) is 14.2 Å². The lowest BCUT2D eigenvalue weighted by Crippen LogP contribution is -2.30. The van der Waals surface area contributed by atoms with Gasteiger partial charge in [0.2, 0.25) is 0 Å². The number of rotatable bonds is 59. The quantitative estimate of drug-likeness (QED) is 0.0261. The van der Waals surface area contributed by atoms with Crippen molar-refractivity contribution in [3.8, 4) is 0 Å². The van der Waals surface area contributed by atoms with Gasteiger partial charge in [-0.2, -0.15) is 0 Å². The third-order valence-electron chi connectivity index (χ3n) is 14.2. The number of esters is 3. The third-order valence-corrected chi connectivity index (χ3v) is 14.2. The van der Waals surface area contributed by atoms with Gasteiger partial charge in [0.05, 0.1) is 0 Å². The van der Waals surface area contributed by atoms with E-state index in [1.165, 1.54) is 218 Å². The van der Waals surface area contributed by atoms with Gasteiger partial charge in [0.15, 0.2) is 6.10 Å². The maximum absolute atomic E-state index is 12.9. The average Bonchev–Trinajstić information content (AvgIpc) is 3.41. The van der Waals surface area contributed by atoms with Gasteiger partial charge in [-0.1, -0.05) is 286 Å². The lowest BCUT2D eigenvalue weighted by Gasteiger charge is -2.18. The molecule has 0 aromatic rings. The smallest absolute Gasteiger partial charge is 0.306 e. The molecule has 1 atom stereocenters. The van der Waals surface area contributed by atoms with Crippen LogP contribution in [0.4, 0.5) is 0 Å². The van der Waals surface area contributed by atoms with Gasteiger partial charge in [0, 0.05) is 19.3 Å². The highest BCUT2D eigenvalue weighted by Crippen LogP contribution is 2.17. The highest BCUT2D eigenvalue weighted by molar-refractivity contribution is 5.71. The highest BCUT2D eigenvalue weighted by atomic mass is 16.6. The summed E-state index contributed by atoms with van der Waals surface area (Å²) in [5, 5.41) is 0. The Morgan fingerprint density at radius 3 is 0.893 bits per heavy atom. The molecule has 0 aliphatic heterocycles. The molecular formula is C69H122O6. The predicted molar refractivity (Wildman–Crippen MR) is 325 cm³/mol. The molecule has 0 N–H and O–H groups in total. The summed E-state index contributed by atoms with van der Waals surface area (Å²) >= 11 is 0. The first-order valence-electron chi connectivity index (χ1n) is 32.4. The normalized spacial score (nSPS) is 12.5. The number of hydrogen-bond donors (Lipinski definition) is 0. The molecule has 0 aliphatic carbocycles. The van der Waals surface area contributed by atoms with Crippen LogP contribution in [0.3, 0.4) is 0 Å². The van der Waals surface area contributed by atoms with Gasteiger partial charge in [-0.05, 0) is 96.3 Å². The summed E-state index contributed by atoms with van der Waals surface area (Å²) in [4.78, 5) is 38.2. The number of allylic oxidation sites excluding steroid dienone is 12. The van der Waals surface area contributed by atoms with Crippen LogP contribution in [0, 0.1) is 0 Å². The summed E-state index contributed by atoms with van der Waals surface area (Å²) in [6, 6.07) is 0. The summed E-state index contributed by atoms with van der Waals surface area (Å²) in [7, 11) is 0. The largest absolute Gasteiger partial charge is 0.462 e. The molecule has 1 unspecified atom stereocenters. The van der Waals surface area contributed by atoms with Crippen molar-refractivity contribution < 1.29 is 28.6 Å². The molecule has 0 aliphatic rings. The number of ether oxygens (including phenoxy) is 3. The first-order valence-corrected chi connectivity index (χ1v) is 32.4. The minimum absolute atomic E-state index is 0.0969. The van der Waals surface area contributed by atoms with Gasteiger partial charge < -0.3 is 14.2 Å². The second-order valence-corrected chi connectivity index (χ2v) is 21.6. The Balaban J connectivity index is 4.27. The molecule has 6 heteroatoms. The van der Waals surface area contributed by atoms with Crippen molar-refractivity contribution in [2.45, 2.75) is 335 Å². The van der Waals surface area contributed by atoms with E-state index in [1.54, 1.807) is 0 Å². The summed E-state index contributed by atoms with van der Waals surface area (Å²) in [6.07, 6.45) is 82.3. The molecule has 434 valence electrons. The molecule has 0 saturated heterocycles. The van der Waals surface area contributed by atoms with Crippen LogP contribution in [0.1, 0.15) is 329 Å². The lowest BCUT2D eigenvalue weighted by atomic mass is 10.0. The van der Waals surface area contributed by atoms with E-state index < -0.39 is 6.10 Å². The van der Waals surface area contributed by atoms with Crippen LogP contribution in [-0.2, 0) is 28.6 Å². The summed E-state index contributed by atoms with van der Waals surface area (Å²) < 4.78 is 16.8. The van der Waals surface area contributed by atoms with Crippen LogP contribution < -0.4 is 0 Å². The van der Waals surface area contributed by atoms with Gasteiger partial charge in [0.1, 0.15) is 13.2 Å².